The van der Waals surface area contributed by atoms with Gasteiger partial charge in [-0.05, 0) is 44.4 Å². The molecule has 0 saturated carbocycles. The summed E-state index contributed by atoms with van der Waals surface area (Å²) in [6, 6.07) is 5.40. The highest BCUT2D eigenvalue weighted by atomic mass is 16.3. The predicted molar refractivity (Wildman–Crippen MR) is 95.0 cm³/mol. The van der Waals surface area contributed by atoms with Gasteiger partial charge in [0.25, 0.3) is 0 Å². The van der Waals surface area contributed by atoms with Gasteiger partial charge in [-0.25, -0.2) is 4.98 Å². The van der Waals surface area contributed by atoms with Crippen molar-refractivity contribution in [3.63, 3.8) is 0 Å². The third-order valence-corrected chi connectivity index (χ3v) is 4.43. The molecular weight excluding hydrogens is 320 g/mol. The fraction of sp³-hybridized carbons (Fsp3) is 0.500. The summed E-state index contributed by atoms with van der Waals surface area (Å²) in [5, 5.41) is 12.4. The molecule has 3 N–H and O–H groups in total. The average Bonchev–Trinajstić information content (AvgIpc) is 3.00. The first-order valence-electron chi connectivity index (χ1n) is 8.78. The van der Waals surface area contributed by atoms with E-state index in [9.17, 15) is 14.7 Å². The molecule has 0 bridgehead atoms. The van der Waals surface area contributed by atoms with Gasteiger partial charge in [0, 0.05) is 31.6 Å². The molecule has 7 nitrogen and oxygen atoms in total. The number of aromatic nitrogens is 2. The zero-order valence-corrected chi connectivity index (χ0v) is 14.4. The van der Waals surface area contributed by atoms with Gasteiger partial charge in [0.05, 0.1) is 11.0 Å². The molecule has 2 aromatic rings. The van der Waals surface area contributed by atoms with Crippen molar-refractivity contribution in [2.45, 2.75) is 45.1 Å². The van der Waals surface area contributed by atoms with Gasteiger partial charge in [-0.2, -0.15) is 0 Å². The Morgan fingerprint density at radius 1 is 1.44 bits per heavy atom. The smallest absolute Gasteiger partial charge is 0.224 e. The fourth-order valence-electron chi connectivity index (χ4n) is 3.06. The molecule has 134 valence electrons. The monoisotopic (exact) mass is 344 g/mol. The molecule has 0 spiro atoms. The summed E-state index contributed by atoms with van der Waals surface area (Å²) in [6.07, 6.45) is 3.03. The van der Waals surface area contributed by atoms with Crippen molar-refractivity contribution in [1.82, 2.24) is 14.9 Å². The highest BCUT2D eigenvalue weighted by Crippen LogP contribution is 2.20. The summed E-state index contributed by atoms with van der Waals surface area (Å²) in [7, 11) is 0. The van der Waals surface area contributed by atoms with Crippen LogP contribution >= 0.6 is 0 Å². The normalized spacial score (nSPS) is 16.2. The number of carbonyl (C=O) groups is 2. The number of piperidine rings is 1. The number of carbonyl (C=O) groups excluding carboxylic acids is 2. The number of nitrogens with zero attached hydrogens (tertiary/aromatic N) is 2. The third kappa shape index (κ3) is 4.36. The van der Waals surface area contributed by atoms with Crippen LogP contribution in [-0.4, -0.2) is 44.9 Å². The Kier molecular flexibility index (Phi) is 5.33. The lowest BCUT2D eigenvalue weighted by atomic mass is 10.1. The molecule has 1 aliphatic rings. The van der Waals surface area contributed by atoms with Gasteiger partial charge >= 0.3 is 0 Å². The summed E-state index contributed by atoms with van der Waals surface area (Å²) in [5.41, 5.74) is 2.21. The van der Waals surface area contributed by atoms with Crippen molar-refractivity contribution >= 4 is 28.5 Å². The Labute approximate surface area is 146 Å². The lowest BCUT2D eigenvalue weighted by Crippen LogP contribution is -2.36. The Hall–Kier alpha value is -2.41. The van der Waals surface area contributed by atoms with Gasteiger partial charge in [-0.1, -0.05) is 0 Å². The van der Waals surface area contributed by atoms with E-state index >= 15 is 0 Å². The molecule has 1 unspecified atom stereocenters. The minimum atomic E-state index is -0.664. The number of hydrogen-bond donors (Lipinski definition) is 3. The summed E-state index contributed by atoms with van der Waals surface area (Å²) < 4.78 is 0. The van der Waals surface area contributed by atoms with Crippen LogP contribution in [0, 0.1) is 0 Å². The molecule has 2 heterocycles. The molecule has 3 rings (SSSR count). The van der Waals surface area contributed by atoms with Crippen LogP contribution in [0.25, 0.3) is 11.0 Å². The lowest BCUT2D eigenvalue weighted by Gasteiger charge is -2.26. The fourth-order valence-corrected chi connectivity index (χ4v) is 3.06. The third-order valence-electron chi connectivity index (χ3n) is 4.43. The minimum absolute atomic E-state index is 0.0703. The number of aromatic amines is 1. The predicted octanol–water partition coefficient (Wildman–Crippen LogP) is 2.35. The van der Waals surface area contributed by atoms with Gasteiger partial charge < -0.3 is 20.3 Å². The number of aliphatic hydroxyl groups is 1. The second-order valence-corrected chi connectivity index (χ2v) is 6.52. The summed E-state index contributed by atoms with van der Waals surface area (Å²) >= 11 is 0. The first-order valence-corrected chi connectivity index (χ1v) is 8.78. The van der Waals surface area contributed by atoms with E-state index < -0.39 is 6.10 Å². The van der Waals surface area contributed by atoms with Crippen LogP contribution in [0.15, 0.2) is 18.2 Å². The summed E-state index contributed by atoms with van der Waals surface area (Å²) in [6.45, 7) is 3.10. The SMILES string of the molecule is CC(O)c1nc2ccc(NC(=O)CCCN3CCCCC3=O)cc2[nH]1. The van der Waals surface area contributed by atoms with Crippen LogP contribution in [0.5, 0.6) is 0 Å². The Balaban J connectivity index is 1.52. The van der Waals surface area contributed by atoms with Crippen molar-refractivity contribution in [1.29, 1.82) is 0 Å². The standard InChI is InChI=1S/C18H24N4O3/c1-12(23)18-20-14-8-7-13(11-15(14)21-18)19-16(24)5-4-10-22-9-3-2-6-17(22)25/h7-8,11-12,23H,2-6,9-10H2,1H3,(H,19,24)(H,20,21). The Morgan fingerprint density at radius 3 is 3.04 bits per heavy atom. The van der Waals surface area contributed by atoms with Crippen molar-refractivity contribution in [2.75, 3.05) is 18.4 Å². The van der Waals surface area contributed by atoms with Gasteiger partial charge in [-0.3, -0.25) is 9.59 Å². The number of amides is 2. The topological polar surface area (TPSA) is 98.3 Å². The van der Waals surface area contributed by atoms with Crippen molar-refractivity contribution in [3.05, 3.63) is 24.0 Å². The maximum atomic E-state index is 12.1. The average molecular weight is 344 g/mol. The van der Waals surface area contributed by atoms with Crippen molar-refractivity contribution in [3.8, 4) is 0 Å². The molecule has 1 fully saturated rings. The quantitative estimate of drug-likeness (QED) is 0.749. The Bertz CT molecular complexity index is 769. The van der Waals surface area contributed by atoms with E-state index in [2.05, 4.69) is 15.3 Å². The zero-order valence-electron chi connectivity index (χ0n) is 14.4. The molecular formula is C18H24N4O3. The number of imidazole rings is 1. The van der Waals surface area contributed by atoms with Crippen molar-refractivity contribution in [2.24, 2.45) is 0 Å². The van der Waals surface area contributed by atoms with Crippen LogP contribution in [-0.2, 0) is 9.59 Å². The van der Waals surface area contributed by atoms with E-state index in [1.54, 1.807) is 25.1 Å². The number of likely N-dealkylation sites (tertiary alicyclic amines) is 1. The second-order valence-electron chi connectivity index (χ2n) is 6.52. The van der Waals surface area contributed by atoms with Crippen LogP contribution in [0.1, 0.15) is 51.0 Å². The van der Waals surface area contributed by atoms with E-state index in [1.165, 1.54) is 0 Å². The summed E-state index contributed by atoms with van der Waals surface area (Å²) in [5.74, 6) is 0.633. The van der Waals surface area contributed by atoms with Gasteiger partial charge in [-0.15, -0.1) is 0 Å². The number of benzene rings is 1. The number of H-pyrrole nitrogens is 1. The minimum Gasteiger partial charge on any atom is -0.385 e. The maximum absolute atomic E-state index is 12.1. The molecule has 1 saturated heterocycles. The van der Waals surface area contributed by atoms with E-state index in [0.717, 1.165) is 30.4 Å². The van der Waals surface area contributed by atoms with Gasteiger partial charge in [0.15, 0.2) is 0 Å². The molecule has 2 amide bonds. The molecule has 7 heteroatoms. The first-order chi connectivity index (χ1) is 12.0. The largest absolute Gasteiger partial charge is 0.385 e. The van der Waals surface area contributed by atoms with Crippen LogP contribution < -0.4 is 5.32 Å². The maximum Gasteiger partial charge on any atom is 0.224 e. The number of fused-ring (bicyclic) bond motifs is 1. The van der Waals surface area contributed by atoms with E-state index in [4.69, 9.17) is 0 Å². The molecule has 25 heavy (non-hydrogen) atoms. The molecule has 0 radical (unpaired) electrons. The number of aliphatic hydroxyl groups excluding tert-OH is 1. The number of nitrogens with one attached hydrogen (secondary N) is 2. The highest BCUT2D eigenvalue weighted by molar-refractivity contribution is 5.93. The molecule has 0 aliphatic carbocycles. The Morgan fingerprint density at radius 2 is 2.28 bits per heavy atom. The molecule has 1 aromatic heterocycles. The van der Waals surface area contributed by atoms with Crippen LogP contribution in [0.4, 0.5) is 5.69 Å². The van der Waals surface area contributed by atoms with Gasteiger partial charge in [0.2, 0.25) is 11.8 Å². The second kappa shape index (κ2) is 7.65. The first kappa shape index (κ1) is 17.4. The number of hydrogen-bond acceptors (Lipinski definition) is 4. The van der Waals surface area contributed by atoms with Crippen LogP contribution in [0.2, 0.25) is 0 Å². The number of anilines is 1. The van der Waals surface area contributed by atoms with E-state index in [0.29, 0.717) is 37.3 Å². The van der Waals surface area contributed by atoms with Crippen molar-refractivity contribution < 1.29 is 14.7 Å². The highest BCUT2D eigenvalue weighted by Gasteiger charge is 2.17. The summed E-state index contributed by atoms with van der Waals surface area (Å²) in [4.78, 5) is 33.0. The molecule has 1 aliphatic heterocycles. The number of rotatable bonds is 6. The lowest BCUT2D eigenvalue weighted by molar-refractivity contribution is -0.133. The zero-order chi connectivity index (χ0) is 17.8. The van der Waals surface area contributed by atoms with Crippen LogP contribution in [0.3, 0.4) is 0 Å². The molecule has 1 atom stereocenters. The molecule has 1 aromatic carbocycles. The van der Waals surface area contributed by atoms with Gasteiger partial charge in [0.1, 0.15) is 11.9 Å². The van der Waals surface area contributed by atoms with E-state index in [1.807, 2.05) is 4.90 Å². The van der Waals surface area contributed by atoms with E-state index in [-0.39, 0.29) is 11.8 Å².